The smallest absolute Gasteiger partial charge is 0.256 e. The number of hydrogen-bond donors (Lipinski definition) is 1. The highest BCUT2D eigenvalue weighted by molar-refractivity contribution is 6.04. The van der Waals surface area contributed by atoms with Crippen LogP contribution >= 0.6 is 0 Å². The van der Waals surface area contributed by atoms with Crippen LogP contribution in [0, 0.1) is 11.3 Å². The van der Waals surface area contributed by atoms with Crippen LogP contribution in [0.3, 0.4) is 0 Å². The van der Waals surface area contributed by atoms with Gasteiger partial charge in [0, 0.05) is 24.2 Å². The SMILES string of the molecule is N#Cc1cnn(-c2ccccn2)c1NC(=O)c1ccncc1. The van der Waals surface area contributed by atoms with Gasteiger partial charge in [-0.1, -0.05) is 6.07 Å². The summed E-state index contributed by atoms with van der Waals surface area (Å²) in [7, 11) is 0. The van der Waals surface area contributed by atoms with Crippen LogP contribution in [0.25, 0.3) is 5.82 Å². The van der Waals surface area contributed by atoms with Gasteiger partial charge in [-0.15, -0.1) is 0 Å². The van der Waals surface area contributed by atoms with Crippen molar-refractivity contribution in [2.45, 2.75) is 0 Å². The molecule has 0 aliphatic heterocycles. The summed E-state index contributed by atoms with van der Waals surface area (Å²) in [6.45, 7) is 0. The molecule has 3 rings (SSSR count). The molecule has 1 N–H and O–H groups in total. The zero-order valence-electron chi connectivity index (χ0n) is 11.3. The third-order valence-electron chi connectivity index (χ3n) is 2.93. The summed E-state index contributed by atoms with van der Waals surface area (Å²) < 4.78 is 1.41. The number of rotatable bonds is 3. The Morgan fingerprint density at radius 2 is 2.00 bits per heavy atom. The van der Waals surface area contributed by atoms with Crippen molar-refractivity contribution in [2.24, 2.45) is 0 Å². The Morgan fingerprint density at radius 3 is 2.68 bits per heavy atom. The molecule has 3 heterocycles. The first-order valence-electron chi connectivity index (χ1n) is 6.40. The standard InChI is InChI=1S/C15H10N6O/c16-9-12-10-19-21(13-3-1-2-6-18-13)14(12)20-15(22)11-4-7-17-8-5-11/h1-8,10H,(H,20,22). The predicted octanol–water partition coefficient (Wildman–Crippen LogP) is 1.79. The van der Waals surface area contributed by atoms with E-state index in [0.29, 0.717) is 11.4 Å². The Morgan fingerprint density at radius 1 is 1.18 bits per heavy atom. The van der Waals surface area contributed by atoms with Crippen LogP contribution in [0.2, 0.25) is 0 Å². The lowest BCUT2D eigenvalue weighted by Crippen LogP contribution is -2.16. The van der Waals surface area contributed by atoms with Crippen molar-refractivity contribution in [3.05, 3.63) is 66.2 Å². The van der Waals surface area contributed by atoms with Crippen LogP contribution < -0.4 is 5.32 Å². The first-order valence-corrected chi connectivity index (χ1v) is 6.40. The summed E-state index contributed by atoms with van der Waals surface area (Å²) in [6.07, 6.45) is 6.04. The highest BCUT2D eigenvalue weighted by Crippen LogP contribution is 2.19. The van der Waals surface area contributed by atoms with Crippen molar-refractivity contribution in [3.63, 3.8) is 0 Å². The van der Waals surface area contributed by atoms with Gasteiger partial charge in [-0.05, 0) is 24.3 Å². The van der Waals surface area contributed by atoms with Crippen LogP contribution in [-0.2, 0) is 0 Å². The molecule has 1 amide bonds. The monoisotopic (exact) mass is 290 g/mol. The van der Waals surface area contributed by atoms with Crippen LogP contribution in [-0.4, -0.2) is 25.7 Å². The van der Waals surface area contributed by atoms with Gasteiger partial charge in [0.15, 0.2) is 11.6 Å². The molecule has 0 bridgehead atoms. The van der Waals surface area contributed by atoms with Gasteiger partial charge in [-0.25, -0.2) is 4.98 Å². The molecule has 0 fully saturated rings. The minimum Gasteiger partial charge on any atom is -0.305 e. The van der Waals surface area contributed by atoms with Crippen LogP contribution in [0.5, 0.6) is 0 Å². The highest BCUT2D eigenvalue weighted by Gasteiger charge is 2.16. The lowest BCUT2D eigenvalue weighted by molar-refractivity contribution is 0.102. The lowest BCUT2D eigenvalue weighted by Gasteiger charge is -2.08. The number of aromatic nitrogens is 4. The molecule has 7 heteroatoms. The minimum absolute atomic E-state index is 0.257. The number of amides is 1. The first kappa shape index (κ1) is 13.5. The van der Waals surface area contributed by atoms with Crippen molar-refractivity contribution in [1.29, 1.82) is 5.26 Å². The lowest BCUT2D eigenvalue weighted by atomic mass is 10.2. The molecule has 0 spiro atoms. The summed E-state index contributed by atoms with van der Waals surface area (Å²) in [4.78, 5) is 20.3. The highest BCUT2D eigenvalue weighted by atomic mass is 16.1. The van der Waals surface area contributed by atoms with Gasteiger partial charge >= 0.3 is 0 Å². The van der Waals surface area contributed by atoms with Crippen molar-refractivity contribution in [1.82, 2.24) is 19.7 Å². The van der Waals surface area contributed by atoms with E-state index in [9.17, 15) is 10.1 Å². The number of nitrogens with zero attached hydrogens (tertiary/aromatic N) is 5. The van der Waals surface area contributed by atoms with Gasteiger partial charge in [-0.3, -0.25) is 9.78 Å². The molecule has 0 radical (unpaired) electrons. The average Bonchev–Trinajstić information content (AvgIpc) is 2.99. The largest absolute Gasteiger partial charge is 0.305 e. The fraction of sp³-hybridized carbons (Fsp3) is 0. The van der Waals surface area contributed by atoms with Gasteiger partial charge in [-0.2, -0.15) is 15.0 Å². The number of carbonyl (C=O) groups is 1. The van der Waals surface area contributed by atoms with E-state index < -0.39 is 0 Å². The number of hydrogen-bond acceptors (Lipinski definition) is 5. The van der Waals surface area contributed by atoms with Gasteiger partial charge < -0.3 is 5.32 Å². The Hall–Kier alpha value is -3.53. The molecule has 106 valence electrons. The summed E-state index contributed by atoms with van der Waals surface area (Å²) >= 11 is 0. The van der Waals surface area contributed by atoms with Crippen molar-refractivity contribution >= 4 is 11.7 Å². The number of nitrogens with one attached hydrogen (secondary N) is 1. The quantitative estimate of drug-likeness (QED) is 0.793. The first-order chi connectivity index (χ1) is 10.8. The minimum atomic E-state index is -0.350. The third kappa shape index (κ3) is 2.53. The average molecular weight is 290 g/mol. The van der Waals surface area contributed by atoms with E-state index >= 15 is 0 Å². The molecule has 22 heavy (non-hydrogen) atoms. The number of pyridine rings is 2. The second-order valence-corrected chi connectivity index (χ2v) is 4.31. The maximum absolute atomic E-state index is 12.3. The van der Waals surface area contributed by atoms with Gasteiger partial charge in [0.25, 0.3) is 5.91 Å². The van der Waals surface area contributed by atoms with E-state index in [2.05, 4.69) is 20.4 Å². The summed E-state index contributed by atoms with van der Waals surface area (Å²) in [5.74, 6) is 0.439. The maximum Gasteiger partial charge on any atom is 0.256 e. The Balaban J connectivity index is 1.98. The molecule has 0 aliphatic rings. The number of nitriles is 1. The van der Waals surface area contributed by atoms with E-state index in [1.165, 1.54) is 23.3 Å². The van der Waals surface area contributed by atoms with E-state index in [0.717, 1.165) is 0 Å². The van der Waals surface area contributed by atoms with E-state index in [4.69, 9.17) is 0 Å². The molecule has 0 unspecified atom stereocenters. The molecule has 7 nitrogen and oxygen atoms in total. The summed E-state index contributed by atoms with van der Waals surface area (Å²) in [5.41, 5.74) is 0.695. The topological polar surface area (TPSA) is 96.5 Å². The van der Waals surface area contributed by atoms with Crippen LogP contribution in [0.1, 0.15) is 15.9 Å². The molecule has 0 aromatic carbocycles. The molecule has 0 atom stereocenters. The number of anilines is 1. The van der Waals surface area contributed by atoms with Gasteiger partial charge in [0.2, 0.25) is 0 Å². The molecule has 0 aliphatic carbocycles. The van der Waals surface area contributed by atoms with Gasteiger partial charge in [0.1, 0.15) is 11.6 Å². The fourth-order valence-electron chi connectivity index (χ4n) is 1.89. The molecule has 0 saturated carbocycles. The van der Waals surface area contributed by atoms with E-state index in [1.54, 1.807) is 36.5 Å². The summed E-state index contributed by atoms with van der Waals surface area (Å²) in [5, 5.41) is 16.0. The second-order valence-electron chi connectivity index (χ2n) is 4.31. The Kier molecular flexibility index (Phi) is 3.58. The Labute approximate surface area is 125 Å². The van der Waals surface area contributed by atoms with Crippen molar-refractivity contribution < 1.29 is 4.79 Å². The van der Waals surface area contributed by atoms with Crippen molar-refractivity contribution in [3.8, 4) is 11.9 Å². The number of carbonyl (C=O) groups excluding carboxylic acids is 1. The van der Waals surface area contributed by atoms with Crippen LogP contribution in [0.4, 0.5) is 5.82 Å². The molecule has 3 aromatic rings. The maximum atomic E-state index is 12.3. The van der Waals surface area contributed by atoms with Crippen molar-refractivity contribution in [2.75, 3.05) is 5.32 Å². The summed E-state index contributed by atoms with van der Waals surface area (Å²) in [6, 6.07) is 10.5. The third-order valence-corrected chi connectivity index (χ3v) is 2.93. The van der Waals surface area contributed by atoms with Gasteiger partial charge in [0.05, 0.1) is 6.20 Å². The zero-order valence-corrected chi connectivity index (χ0v) is 11.3. The molecular formula is C15H10N6O. The fourth-order valence-corrected chi connectivity index (χ4v) is 1.89. The predicted molar refractivity (Wildman–Crippen MR) is 78.3 cm³/mol. The Bertz CT molecular complexity index is 835. The van der Waals surface area contributed by atoms with E-state index in [-0.39, 0.29) is 17.3 Å². The second kappa shape index (κ2) is 5.85. The normalized spacial score (nSPS) is 9.95. The van der Waals surface area contributed by atoms with E-state index in [1.807, 2.05) is 6.07 Å². The van der Waals surface area contributed by atoms with Crippen LogP contribution in [0.15, 0.2) is 55.1 Å². The molecule has 0 saturated heterocycles. The molecule has 3 aromatic heterocycles. The zero-order chi connectivity index (χ0) is 15.4. The molecular weight excluding hydrogens is 280 g/mol.